The highest BCUT2D eigenvalue weighted by atomic mass is 32.1. The van der Waals surface area contributed by atoms with E-state index in [4.69, 9.17) is 14.2 Å². The number of ether oxygens (including phenoxy) is 3. The predicted octanol–water partition coefficient (Wildman–Crippen LogP) is 2.48. The van der Waals surface area contributed by atoms with Gasteiger partial charge in [0.15, 0.2) is 16.3 Å². The number of esters is 2. The number of fused-ring (bicyclic) bond motifs is 1. The van der Waals surface area contributed by atoms with Gasteiger partial charge in [-0.2, -0.15) is 0 Å². The van der Waals surface area contributed by atoms with Gasteiger partial charge in [-0.1, -0.05) is 35.6 Å². The van der Waals surface area contributed by atoms with Crippen LogP contribution in [0.4, 0.5) is 4.39 Å². The first-order valence-electron chi connectivity index (χ1n) is 10.5. The Kier molecular flexibility index (Phi) is 6.65. The van der Waals surface area contributed by atoms with E-state index in [2.05, 4.69) is 4.99 Å². The Labute approximate surface area is 203 Å². The summed E-state index contributed by atoms with van der Waals surface area (Å²) < 4.78 is 31.4. The fraction of sp³-hybridized carbons (Fsp3) is 0.200. The third-order valence-electron chi connectivity index (χ3n) is 5.38. The van der Waals surface area contributed by atoms with Crippen molar-refractivity contribution >= 4 is 29.4 Å². The summed E-state index contributed by atoms with van der Waals surface area (Å²) >= 11 is 1.09. The van der Waals surface area contributed by atoms with Crippen LogP contribution in [0.1, 0.15) is 31.0 Å². The minimum absolute atomic E-state index is 0.166. The molecule has 3 aromatic rings. The van der Waals surface area contributed by atoms with Crippen molar-refractivity contribution in [3.63, 3.8) is 0 Å². The Morgan fingerprint density at radius 2 is 1.89 bits per heavy atom. The minimum atomic E-state index is -0.901. The van der Waals surface area contributed by atoms with E-state index in [0.29, 0.717) is 16.1 Å². The molecule has 180 valence electrons. The average molecular weight is 497 g/mol. The van der Waals surface area contributed by atoms with Gasteiger partial charge in [-0.05, 0) is 36.8 Å². The van der Waals surface area contributed by atoms with E-state index in [0.717, 1.165) is 11.3 Å². The van der Waals surface area contributed by atoms with Gasteiger partial charge < -0.3 is 14.2 Å². The minimum Gasteiger partial charge on any atom is -0.493 e. The van der Waals surface area contributed by atoms with Crippen LogP contribution in [0.15, 0.2) is 63.5 Å². The zero-order chi connectivity index (χ0) is 25.3. The van der Waals surface area contributed by atoms with Crippen molar-refractivity contribution in [2.75, 3.05) is 14.2 Å². The quantitative estimate of drug-likeness (QED) is 0.398. The predicted molar refractivity (Wildman–Crippen MR) is 126 cm³/mol. The molecule has 4 rings (SSSR count). The number of hydrogen-bond donors (Lipinski definition) is 0. The monoisotopic (exact) mass is 496 g/mol. The van der Waals surface area contributed by atoms with Crippen LogP contribution in [-0.2, 0) is 14.3 Å². The van der Waals surface area contributed by atoms with Crippen LogP contribution in [-0.4, -0.2) is 30.7 Å². The van der Waals surface area contributed by atoms with Gasteiger partial charge >= 0.3 is 11.9 Å². The fourth-order valence-electron chi connectivity index (χ4n) is 3.83. The van der Waals surface area contributed by atoms with Gasteiger partial charge in [-0.15, -0.1) is 0 Å². The normalized spacial score (nSPS) is 15.3. The number of allylic oxidation sites excluding steroid dienone is 1. The molecule has 0 saturated heterocycles. The summed E-state index contributed by atoms with van der Waals surface area (Å²) in [5.41, 5.74) is 0.860. The molecule has 10 heteroatoms. The number of hydrogen-bond acceptors (Lipinski definition) is 8. The van der Waals surface area contributed by atoms with Crippen molar-refractivity contribution in [1.82, 2.24) is 4.57 Å². The standard InChI is InChI=1S/C25H21FN2O6S/c1-13-21(24(31)33-4)22(16-9-10-18(34-14(2)29)19(11-16)32-3)28-23(30)20(35-25(28)27-13)12-15-7-5-6-8-17(15)26/h5-12,22H,1-4H3/b20-12-. The summed E-state index contributed by atoms with van der Waals surface area (Å²) in [5, 5.41) is 0. The van der Waals surface area contributed by atoms with Crippen molar-refractivity contribution in [2.24, 2.45) is 4.99 Å². The van der Waals surface area contributed by atoms with Gasteiger partial charge in [-0.3, -0.25) is 14.2 Å². The Bertz CT molecular complexity index is 1550. The highest BCUT2D eigenvalue weighted by Gasteiger charge is 2.33. The van der Waals surface area contributed by atoms with Gasteiger partial charge in [0.2, 0.25) is 0 Å². The SMILES string of the molecule is COC(=O)C1=C(C)N=c2s/c(=C\c3ccccc3F)c(=O)n2C1c1ccc(OC(C)=O)c(OC)c1. The molecule has 0 bridgehead atoms. The highest BCUT2D eigenvalue weighted by Crippen LogP contribution is 2.36. The van der Waals surface area contributed by atoms with Crippen LogP contribution in [0, 0.1) is 5.82 Å². The van der Waals surface area contributed by atoms with Crippen LogP contribution < -0.4 is 24.4 Å². The first-order chi connectivity index (χ1) is 16.7. The third-order valence-corrected chi connectivity index (χ3v) is 6.36. The van der Waals surface area contributed by atoms with Crippen molar-refractivity contribution in [3.05, 3.63) is 90.4 Å². The van der Waals surface area contributed by atoms with Crippen molar-refractivity contribution < 1.29 is 28.2 Å². The first-order valence-corrected chi connectivity index (χ1v) is 11.3. The molecule has 8 nitrogen and oxygen atoms in total. The Balaban J connectivity index is 1.97. The number of carbonyl (C=O) groups is 2. The van der Waals surface area contributed by atoms with Crippen LogP contribution in [0.5, 0.6) is 11.5 Å². The molecular weight excluding hydrogens is 475 g/mol. The van der Waals surface area contributed by atoms with Crippen LogP contribution in [0.3, 0.4) is 0 Å². The van der Waals surface area contributed by atoms with Crippen LogP contribution in [0.25, 0.3) is 6.08 Å². The summed E-state index contributed by atoms with van der Waals surface area (Å²) in [4.78, 5) is 42.6. The number of thiazole rings is 1. The first kappa shape index (κ1) is 24.1. The zero-order valence-electron chi connectivity index (χ0n) is 19.3. The second-order valence-corrected chi connectivity index (χ2v) is 8.61. The number of halogens is 1. The summed E-state index contributed by atoms with van der Waals surface area (Å²) in [5.74, 6) is -1.21. The van der Waals surface area contributed by atoms with Crippen molar-refractivity contribution in [1.29, 1.82) is 0 Å². The summed E-state index contributed by atoms with van der Waals surface area (Å²) in [6, 6.07) is 9.94. The maximum absolute atomic E-state index is 14.2. The lowest BCUT2D eigenvalue weighted by molar-refractivity contribution is -0.136. The van der Waals surface area contributed by atoms with E-state index in [1.54, 1.807) is 37.3 Å². The van der Waals surface area contributed by atoms with Gasteiger partial charge in [0.05, 0.1) is 36.1 Å². The van der Waals surface area contributed by atoms with Gasteiger partial charge in [0, 0.05) is 12.5 Å². The molecular formula is C25H21FN2O6S. The third kappa shape index (κ3) is 4.52. The second kappa shape index (κ2) is 9.67. The maximum Gasteiger partial charge on any atom is 0.338 e. The van der Waals surface area contributed by atoms with Crippen molar-refractivity contribution in [2.45, 2.75) is 19.9 Å². The van der Waals surface area contributed by atoms with E-state index in [1.807, 2.05) is 0 Å². The maximum atomic E-state index is 14.2. The van der Waals surface area contributed by atoms with E-state index in [9.17, 15) is 18.8 Å². The second-order valence-electron chi connectivity index (χ2n) is 7.60. The molecule has 35 heavy (non-hydrogen) atoms. The number of benzene rings is 2. The van der Waals surface area contributed by atoms with Gasteiger partial charge in [-0.25, -0.2) is 14.2 Å². The summed E-state index contributed by atoms with van der Waals surface area (Å²) in [6.07, 6.45) is 1.46. The molecule has 0 amide bonds. The molecule has 1 atom stereocenters. The number of carbonyl (C=O) groups excluding carboxylic acids is 2. The summed E-state index contributed by atoms with van der Waals surface area (Å²) in [6.45, 7) is 2.92. The molecule has 1 aliphatic rings. The lowest BCUT2D eigenvalue weighted by Crippen LogP contribution is -2.39. The number of nitrogens with zero attached hydrogens (tertiary/aromatic N) is 2. The molecule has 2 heterocycles. The Morgan fingerprint density at radius 3 is 2.54 bits per heavy atom. The lowest BCUT2D eigenvalue weighted by Gasteiger charge is -2.25. The van der Waals surface area contributed by atoms with E-state index in [1.165, 1.54) is 43.9 Å². The lowest BCUT2D eigenvalue weighted by atomic mass is 9.95. The average Bonchev–Trinajstić information content (AvgIpc) is 3.13. The molecule has 0 aliphatic carbocycles. The Hall–Kier alpha value is -4.05. The highest BCUT2D eigenvalue weighted by molar-refractivity contribution is 7.07. The van der Waals surface area contributed by atoms with E-state index in [-0.39, 0.29) is 27.2 Å². The Morgan fingerprint density at radius 1 is 1.14 bits per heavy atom. The smallest absolute Gasteiger partial charge is 0.338 e. The fourth-order valence-corrected chi connectivity index (χ4v) is 4.87. The van der Waals surface area contributed by atoms with E-state index < -0.39 is 29.4 Å². The largest absolute Gasteiger partial charge is 0.493 e. The molecule has 0 spiro atoms. The number of methoxy groups -OCH3 is 2. The topological polar surface area (TPSA) is 96.2 Å². The molecule has 1 aromatic heterocycles. The summed E-state index contributed by atoms with van der Waals surface area (Å²) in [7, 11) is 2.65. The zero-order valence-corrected chi connectivity index (χ0v) is 20.1. The molecule has 1 aliphatic heterocycles. The van der Waals surface area contributed by atoms with Crippen LogP contribution in [0.2, 0.25) is 0 Å². The number of aromatic nitrogens is 1. The van der Waals surface area contributed by atoms with Crippen LogP contribution >= 0.6 is 11.3 Å². The van der Waals surface area contributed by atoms with Crippen molar-refractivity contribution in [3.8, 4) is 11.5 Å². The molecule has 0 saturated carbocycles. The molecule has 0 fully saturated rings. The van der Waals surface area contributed by atoms with Gasteiger partial charge in [0.25, 0.3) is 5.56 Å². The molecule has 0 radical (unpaired) electrons. The van der Waals surface area contributed by atoms with E-state index >= 15 is 0 Å². The molecule has 2 aromatic carbocycles. The molecule has 1 unspecified atom stereocenters. The molecule has 0 N–H and O–H groups in total. The van der Waals surface area contributed by atoms with Gasteiger partial charge in [0.1, 0.15) is 5.82 Å². The number of rotatable bonds is 5.